The van der Waals surface area contributed by atoms with E-state index in [4.69, 9.17) is 16.3 Å². The summed E-state index contributed by atoms with van der Waals surface area (Å²) in [5.41, 5.74) is 3.73. The van der Waals surface area contributed by atoms with Crippen LogP contribution in [0.25, 0.3) is 0 Å². The quantitative estimate of drug-likeness (QED) is 0.194. The minimum atomic E-state index is -0.692. The van der Waals surface area contributed by atoms with Gasteiger partial charge in [-0.15, -0.1) is 0 Å². The summed E-state index contributed by atoms with van der Waals surface area (Å²) >= 11 is 5.82. The number of fused-ring (bicyclic) bond motifs is 1. The number of ether oxygens (including phenoxy) is 1. The van der Waals surface area contributed by atoms with Gasteiger partial charge >= 0.3 is 5.97 Å². The number of carbonyl (C=O) groups is 1. The van der Waals surface area contributed by atoms with Crippen LogP contribution in [0.5, 0.6) is 0 Å². The summed E-state index contributed by atoms with van der Waals surface area (Å²) < 4.78 is 5.32. The van der Waals surface area contributed by atoms with Crippen LogP contribution in [0.4, 0.5) is 5.69 Å². The molecular weight excluding hydrogens is 454 g/mol. The van der Waals surface area contributed by atoms with Gasteiger partial charge in [0.1, 0.15) is 6.07 Å². The van der Waals surface area contributed by atoms with E-state index in [1.54, 1.807) is 37.3 Å². The zero-order valence-electron chi connectivity index (χ0n) is 20.6. The Labute approximate surface area is 207 Å². The van der Waals surface area contributed by atoms with Crippen molar-refractivity contribution in [2.24, 2.45) is 0 Å². The number of carbonyl (C=O) groups excluding carboxylic acids is 1. The van der Waals surface area contributed by atoms with E-state index in [0.29, 0.717) is 35.5 Å². The standard InChI is InChI=1S/C22H22ClN3O4.2C2H6/c1-15(26(28)29)11-16-12-18-7-9-25(21(18)19(13-16)14-24)8-2-10-30-22(27)17-3-5-20(23)6-4-17;2*1-2/h3-6,12-13,15H,2,7-11H2,1H3;2*1-2H3. The molecule has 0 bridgehead atoms. The van der Waals surface area contributed by atoms with Crippen LogP contribution in [0.3, 0.4) is 0 Å². The van der Waals surface area contributed by atoms with E-state index in [2.05, 4.69) is 11.0 Å². The average Bonchev–Trinajstić information content (AvgIpc) is 3.27. The zero-order chi connectivity index (χ0) is 25.7. The molecule has 7 nitrogen and oxygen atoms in total. The zero-order valence-corrected chi connectivity index (χ0v) is 21.4. The molecule has 1 aliphatic rings. The summed E-state index contributed by atoms with van der Waals surface area (Å²) in [6.45, 7) is 11.3. The van der Waals surface area contributed by atoms with Gasteiger partial charge in [0.15, 0.2) is 0 Å². The fourth-order valence-corrected chi connectivity index (χ4v) is 3.75. The number of hydrogen-bond acceptors (Lipinski definition) is 6. The maximum Gasteiger partial charge on any atom is 0.338 e. The second-order valence-electron chi connectivity index (χ2n) is 7.33. The van der Waals surface area contributed by atoms with Crippen molar-refractivity contribution in [2.45, 2.75) is 59.9 Å². The Hall–Kier alpha value is -3.11. The smallest absolute Gasteiger partial charge is 0.338 e. The van der Waals surface area contributed by atoms with Gasteiger partial charge < -0.3 is 9.64 Å². The van der Waals surface area contributed by atoms with E-state index in [-0.39, 0.29) is 11.5 Å². The van der Waals surface area contributed by atoms with Gasteiger partial charge in [0.2, 0.25) is 6.04 Å². The highest BCUT2D eigenvalue weighted by Gasteiger charge is 2.24. The predicted molar refractivity (Wildman–Crippen MR) is 136 cm³/mol. The topological polar surface area (TPSA) is 96.5 Å². The molecule has 0 amide bonds. The Kier molecular flexibility index (Phi) is 12.7. The lowest BCUT2D eigenvalue weighted by molar-refractivity contribution is -0.517. The van der Waals surface area contributed by atoms with Crippen molar-refractivity contribution < 1.29 is 14.5 Å². The van der Waals surface area contributed by atoms with Crippen LogP contribution in [0.15, 0.2) is 36.4 Å². The van der Waals surface area contributed by atoms with E-state index >= 15 is 0 Å². The van der Waals surface area contributed by atoms with Crippen LogP contribution >= 0.6 is 11.6 Å². The third kappa shape index (κ3) is 8.03. The summed E-state index contributed by atoms with van der Waals surface area (Å²) in [7, 11) is 0. The number of benzene rings is 2. The first-order chi connectivity index (χ1) is 16.4. The molecule has 1 atom stereocenters. The molecular formula is C26H34ClN3O4. The minimum Gasteiger partial charge on any atom is -0.462 e. The highest BCUT2D eigenvalue weighted by molar-refractivity contribution is 6.30. The Bertz CT molecular complexity index is 987. The van der Waals surface area contributed by atoms with Crippen LogP contribution in [-0.4, -0.2) is 36.6 Å². The van der Waals surface area contributed by atoms with E-state index in [0.717, 1.165) is 29.8 Å². The highest BCUT2D eigenvalue weighted by atomic mass is 35.5. The molecule has 0 aliphatic carbocycles. The monoisotopic (exact) mass is 487 g/mol. The Morgan fingerprint density at radius 2 is 1.88 bits per heavy atom. The van der Waals surface area contributed by atoms with Crippen molar-refractivity contribution in [1.29, 1.82) is 5.26 Å². The van der Waals surface area contributed by atoms with Gasteiger partial charge in [-0.25, -0.2) is 4.79 Å². The van der Waals surface area contributed by atoms with Crippen molar-refractivity contribution in [2.75, 3.05) is 24.6 Å². The molecule has 0 saturated carbocycles. The summed E-state index contributed by atoms with van der Waals surface area (Å²) in [5.74, 6) is -0.393. The first-order valence-electron chi connectivity index (χ1n) is 11.8. The Morgan fingerprint density at radius 1 is 1.24 bits per heavy atom. The molecule has 34 heavy (non-hydrogen) atoms. The first-order valence-corrected chi connectivity index (χ1v) is 12.1. The molecule has 0 spiro atoms. The molecule has 0 aromatic heterocycles. The van der Waals surface area contributed by atoms with Crippen molar-refractivity contribution >= 4 is 23.3 Å². The summed E-state index contributed by atoms with van der Waals surface area (Å²) in [5, 5.41) is 21.1. The Balaban J connectivity index is 0.00000137. The SMILES string of the molecule is CC.CC.CC(Cc1cc(C#N)c2c(c1)CCN2CCCOC(=O)c1ccc(Cl)cc1)[N+](=O)[O-]. The fourth-order valence-electron chi connectivity index (χ4n) is 3.62. The summed E-state index contributed by atoms with van der Waals surface area (Å²) in [6.07, 6.45) is 1.72. The van der Waals surface area contributed by atoms with E-state index in [1.807, 2.05) is 33.8 Å². The van der Waals surface area contributed by atoms with Crippen molar-refractivity contribution in [3.63, 3.8) is 0 Å². The molecule has 1 aliphatic heterocycles. The highest BCUT2D eigenvalue weighted by Crippen LogP contribution is 2.33. The van der Waals surface area contributed by atoms with Crippen LogP contribution < -0.4 is 4.90 Å². The minimum absolute atomic E-state index is 0.271. The lowest BCUT2D eigenvalue weighted by Gasteiger charge is -2.21. The predicted octanol–water partition coefficient (Wildman–Crippen LogP) is 6.08. The van der Waals surface area contributed by atoms with E-state index in [1.165, 1.54) is 0 Å². The van der Waals surface area contributed by atoms with Gasteiger partial charge in [-0.2, -0.15) is 5.26 Å². The molecule has 2 aromatic rings. The summed E-state index contributed by atoms with van der Waals surface area (Å²) in [4.78, 5) is 24.8. The van der Waals surface area contributed by atoms with Crippen LogP contribution in [0.2, 0.25) is 5.02 Å². The van der Waals surface area contributed by atoms with Crippen LogP contribution in [0.1, 0.15) is 68.1 Å². The van der Waals surface area contributed by atoms with Crippen molar-refractivity contribution in [3.05, 3.63) is 73.8 Å². The fraction of sp³-hybridized carbons (Fsp3) is 0.462. The maximum absolute atomic E-state index is 12.1. The lowest BCUT2D eigenvalue weighted by Crippen LogP contribution is -2.24. The molecule has 8 heteroatoms. The third-order valence-electron chi connectivity index (χ3n) is 5.11. The molecule has 184 valence electrons. The average molecular weight is 488 g/mol. The molecule has 1 heterocycles. The number of nitrogens with zero attached hydrogens (tertiary/aromatic N) is 3. The van der Waals surface area contributed by atoms with Crippen LogP contribution in [-0.2, 0) is 17.6 Å². The van der Waals surface area contributed by atoms with Gasteiger partial charge in [0.25, 0.3) is 0 Å². The molecule has 0 fully saturated rings. The number of halogens is 1. The first kappa shape index (κ1) is 28.9. The number of anilines is 1. The molecule has 2 aromatic carbocycles. The van der Waals surface area contributed by atoms with Gasteiger partial charge in [0.05, 0.1) is 23.4 Å². The van der Waals surface area contributed by atoms with Gasteiger partial charge in [-0.1, -0.05) is 45.4 Å². The number of esters is 1. The number of rotatable bonds is 8. The largest absolute Gasteiger partial charge is 0.462 e. The second kappa shape index (κ2) is 14.9. The van der Waals surface area contributed by atoms with Crippen molar-refractivity contribution in [1.82, 2.24) is 0 Å². The molecule has 3 rings (SSSR count). The van der Waals surface area contributed by atoms with Gasteiger partial charge in [-0.3, -0.25) is 10.1 Å². The maximum atomic E-state index is 12.1. The van der Waals surface area contributed by atoms with Gasteiger partial charge in [0, 0.05) is 36.4 Å². The second-order valence-corrected chi connectivity index (χ2v) is 7.77. The van der Waals surface area contributed by atoms with Crippen LogP contribution in [0, 0.1) is 21.4 Å². The van der Waals surface area contributed by atoms with E-state index in [9.17, 15) is 20.2 Å². The summed E-state index contributed by atoms with van der Waals surface area (Å²) in [6, 6.07) is 11.8. The number of nitro groups is 1. The molecule has 1 unspecified atom stereocenters. The third-order valence-corrected chi connectivity index (χ3v) is 5.36. The normalized spacial score (nSPS) is 12.2. The number of hydrogen-bond donors (Lipinski definition) is 0. The molecule has 0 saturated heterocycles. The number of nitriles is 1. The van der Waals surface area contributed by atoms with Crippen molar-refractivity contribution in [3.8, 4) is 6.07 Å². The molecule has 0 radical (unpaired) electrons. The lowest BCUT2D eigenvalue weighted by atomic mass is 9.99. The Morgan fingerprint density at radius 3 is 2.47 bits per heavy atom. The van der Waals surface area contributed by atoms with Gasteiger partial charge in [-0.05, 0) is 54.3 Å². The van der Waals surface area contributed by atoms with E-state index < -0.39 is 12.0 Å². The molecule has 0 N–H and O–H groups in total.